The molecule has 1 aromatic rings. The summed E-state index contributed by atoms with van der Waals surface area (Å²) in [6.45, 7) is 7.05. The summed E-state index contributed by atoms with van der Waals surface area (Å²) in [5.74, 6) is 0.772. The lowest BCUT2D eigenvalue weighted by Gasteiger charge is -2.20. The molecule has 2 unspecified atom stereocenters. The molecule has 1 saturated carbocycles. The molecule has 0 amide bonds. The van der Waals surface area contributed by atoms with E-state index in [-0.39, 0.29) is 5.75 Å². The lowest BCUT2D eigenvalue weighted by atomic mass is 10.0. The van der Waals surface area contributed by atoms with E-state index in [0.29, 0.717) is 16.9 Å². The Morgan fingerprint density at radius 3 is 2.62 bits per heavy atom. The quantitative estimate of drug-likeness (QED) is 0.877. The summed E-state index contributed by atoms with van der Waals surface area (Å²) in [5, 5.41) is 3.49. The summed E-state index contributed by atoms with van der Waals surface area (Å²) in [6, 6.07) is 5.96. The Labute approximate surface area is 129 Å². The number of hydrogen-bond donors (Lipinski definition) is 1. The van der Waals surface area contributed by atoms with Crippen molar-refractivity contribution >= 4 is 9.84 Å². The molecule has 0 aliphatic heterocycles. The van der Waals surface area contributed by atoms with Gasteiger partial charge in [-0.1, -0.05) is 19.4 Å². The summed E-state index contributed by atoms with van der Waals surface area (Å²) in [6.07, 6.45) is 4.32. The van der Waals surface area contributed by atoms with Gasteiger partial charge in [-0.25, -0.2) is 8.42 Å². The van der Waals surface area contributed by atoms with Crippen LogP contribution in [0.5, 0.6) is 0 Å². The van der Waals surface area contributed by atoms with Gasteiger partial charge in [0.2, 0.25) is 0 Å². The van der Waals surface area contributed by atoms with Crippen molar-refractivity contribution in [2.24, 2.45) is 5.92 Å². The lowest BCUT2D eigenvalue weighted by Crippen LogP contribution is -2.33. The summed E-state index contributed by atoms with van der Waals surface area (Å²) in [4.78, 5) is 0.476. The van der Waals surface area contributed by atoms with Crippen molar-refractivity contribution in [2.75, 3.05) is 12.3 Å². The average molecular weight is 309 g/mol. The Kier molecular flexibility index (Phi) is 5.44. The predicted molar refractivity (Wildman–Crippen MR) is 87.4 cm³/mol. The highest BCUT2D eigenvalue weighted by atomic mass is 32.2. The van der Waals surface area contributed by atoms with E-state index >= 15 is 0 Å². The lowest BCUT2D eigenvalue weighted by molar-refractivity contribution is 0.398. The second-order valence-corrected chi connectivity index (χ2v) is 8.32. The van der Waals surface area contributed by atoms with E-state index in [1.165, 1.54) is 12.8 Å². The van der Waals surface area contributed by atoms with Gasteiger partial charge in [0.25, 0.3) is 0 Å². The van der Waals surface area contributed by atoms with Crippen molar-refractivity contribution < 1.29 is 8.42 Å². The van der Waals surface area contributed by atoms with Crippen LogP contribution in [0.25, 0.3) is 0 Å². The summed E-state index contributed by atoms with van der Waals surface area (Å²) >= 11 is 0. The largest absolute Gasteiger partial charge is 0.314 e. The molecule has 4 heteroatoms. The molecular weight excluding hydrogens is 282 g/mol. The standard InChI is InChI=1S/C17H27NO2S/c1-4-18-17-7-5-6-15(17)10-11-21(19,20)16-9-8-13(2)14(3)12-16/h8-9,12,15,17-18H,4-7,10-11H2,1-3H3. The van der Waals surface area contributed by atoms with Gasteiger partial charge in [0, 0.05) is 6.04 Å². The van der Waals surface area contributed by atoms with Crippen molar-refractivity contribution in [3.8, 4) is 0 Å². The zero-order valence-electron chi connectivity index (χ0n) is 13.4. The normalized spacial score (nSPS) is 22.6. The highest BCUT2D eigenvalue weighted by molar-refractivity contribution is 7.91. The van der Waals surface area contributed by atoms with Crippen LogP contribution in [0.2, 0.25) is 0 Å². The predicted octanol–water partition coefficient (Wildman–Crippen LogP) is 3.25. The van der Waals surface area contributed by atoms with Gasteiger partial charge in [0.05, 0.1) is 10.6 Å². The number of sulfone groups is 1. The molecule has 0 saturated heterocycles. The molecule has 2 rings (SSSR count). The molecule has 118 valence electrons. The number of nitrogens with one attached hydrogen (secondary N) is 1. The van der Waals surface area contributed by atoms with Gasteiger partial charge in [0.1, 0.15) is 0 Å². The number of hydrogen-bond acceptors (Lipinski definition) is 3. The van der Waals surface area contributed by atoms with Crippen LogP contribution in [0.1, 0.15) is 43.7 Å². The van der Waals surface area contributed by atoms with Gasteiger partial charge < -0.3 is 5.32 Å². The maximum Gasteiger partial charge on any atom is 0.178 e. The molecule has 0 spiro atoms. The molecule has 3 nitrogen and oxygen atoms in total. The van der Waals surface area contributed by atoms with Crippen LogP contribution < -0.4 is 5.32 Å². The van der Waals surface area contributed by atoms with Crippen LogP contribution in [0, 0.1) is 19.8 Å². The van der Waals surface area contributed by atoms with E-state index in [2.05, 4.69) is 12.2 Å². The van der Waals surface area contributed by atoms with Gasteiger partial charge in [-0.3, -0.25) is 0 Å². The molecule has 1 aliphatic rings. The zero-order chi connectivity index (χ0) is 15.5. The van der Waals surface area contributed by atoms with Gasteiger partial charge in [-0.15, -0.1) is 0 Å². The Hall–Kier alpha value is -0.870. The minimum atomic E-state index is -3.15. The minimum Gasteiger partial charge on any atom is -0.314 e. The first-order valence-corrected chi connectivity index (χ1v) is 9.62. The van der Waals surface area contributed by atoms with Crippen LogP contribution >= 0.6 is 0 Å². The van der Waals surface area contributed by atoms with Crippen LogP contribution in [0.15, 0.2) is 23.1 Å². The number of benzene rings is 1. The summed E-state index contributed by atoms with van der Waals surface area (Å²) in [7, 11) is -3.15. The van der Waals surface area contributed by atoms with Crippen molar-refractivity contribution in [1.82, 2.24) is 5.32 Å². The van der Waals surface area contributed by atoms with E-state index in [9.17, 15) is 8.42 Å². The molecule has 2 atom stereocenters. The average Bonchev–Trinajstić information content (AvgIpc) is 2.87. The van der Waals surface area contributed by atoms with Crippen molar-refractivity contribution in [3.63, 3.8) is 0 Å². The van der Waals surface area contributed by atoms with Crippen LogP contribution in [0.3, 0.4) is 0 Å². The van der Waals surface area contributed by atoms with Crippen LogP contribution in [-0.2, 0) is 9.84 Å². The van der Waals surface area contributed by atoms with Crippen LogP contribution in [0.4, 0.5) is 0 Å². The zero-order valence-corrected chi connectivity index (χ0v) is 14.2. The van der Waals surface area contributed by atoms with Gasteiger partial charge >= 0.3 is 0 Å². The van der Waals surface area contributed by atoms with E-state index in [1.807, 2.05) is 19.9 Å². The smallest absolute Gasteiger partial charge is 0.178 e. The fourth-order valence-corrected chi connectivity index (χ4v) is 4.73. The summed E-state index contributed by atoms with van der Waals surface area (Å²) < 4.78 is 25.0. The van der Waals surface area contributed by atoms with Gasteiger partial charge in [0.15, 0.2) is 9.84 Å². The first-order chi connectivity index (χ1) is 9.94. The maximum atomic E-state index is 12.5. The first kappa shape index (κ1) is 16.5. The number of rotatable bonds is 6. The third-order valence-electron chi connectivity index (χ3n) is 4.72. The van der Waals surface area contributed by atoms with Gasteiger partial charge in [-0.05, 0) is 68.8 Å². The molecule has 1 aromatic carbocycles. The van der Waals surface area contributed by atoms with E-state index in [0.717, 1.165) is 30.5 Å². The fourth-order valence-electron chi connectivity index (χ4n) is 3.25. The Morgan fingerprint density at radius 1 is 1.19 bits per heavy atom. The second-order valence-electron chi connectivity index (χ2n) is 6.21. The highest BCUT2D eigenvalue weighted by Gasteiger charge is 2.28. The molecular formula is C17H27NO2S. The third kappa shape index (κ3) is 4.07. The topological polar surface area (TPSA) is 46.2 Å². The van der Waals surface area contributed by atoms with Crippen molar-refractivity contribution in [2.45, 2.75) is 57.4 Å². The second kappa shape index (κ2) is 6.93. The highest BCUT2D eigenvalue weighted by Crippen LogP contribution is 2.29. The molecule has 1 N–H and O–H groups in total. The molecule has 1 aliphatic carbocycles. The minimum absolute atomic E-state index is 0.266. The van der Waals surface area contributed by atoms with E-state index < -0.39 is 9.84 Å². The SMILES string of the molecule is CCNC1CCCC1CCS(=O)(=O)c1ccc(C)c(C)c1. The molecule has 0 radical (unpaired) electrons. The number of aryl methyl sites for hydroxylation is 2. The Balaban J connectivity index is 2.02. The maximum absolute atomic E-state index is 12.5. The van der Waals surface area contributed by atoms with E-state index in [1.54, 1.807) is 12.1 Å². The fraction of sp³-hybridized carbons (Fsp3) is 0.647. The van der Waals surface area contributed by atoms with Crippen molar-refractivity contribution in [1.29, 1.82) is 0 Å². The van der Waals surface area contributed by atoms with Gasteiger partial charge in [-0.2, -0.15) is 0 Å². The third-order valence-corrected chi connectivity index (χ3v) is 6.47. The van der Waals surface area contributed by atoms with E-state index in [4.69, 9.17) is 0 Å². The molecule has 0 heterocycles. The monoisotopic (exact) mass is 309 g/mol. The summed E-state index contributed by atoms with van der Waals surface area (Å²) in [5.41, 5.74) is 2.18. The Morgan fingerprint density at radius 2 is 1.95 bits per heavy atom. The first-order valence-electron chi connectivity index (χ1n) is 7.97. The van der Waals surface area contributed by atoms with Crippen molar-refractivity contribution in [3.05, 3.63) is 29.3 Å². The molecule has 1 fully saturated rings. The molecule has 0 bridgehead atoms. The van der Waals surface area contributed by atoms with Crippen LogP contribution in [-0.4, -0.2) is 26.8 Å². The molecule has 21 heavy (non-hydrogen) atoms. The Bertz CT molecular complexity index is 580. The molecule has 0 aromatic heterocycles.